The molecule has 0 fully saturated rings. The summed E-state index contributed by atoms with van der Waals surface area (Å²) in [5.74, 6) is -1.29. The fraction of sp³-hybridized carbons (Fsp3) is 0.417. The van der Waals surface area contributed by atoms with Crippen molar-refractivity contribution in [2.75, 3.05) is 6.54 Å². The number of aromatic nitrogens is 1. The number of nitrogens with one attached hydrogen (secondary N) is 3. The molecule has 106 valence electrons. The van der Waals surface area contributed by atoms with E-state index in [2.05, 4.69) is 15.6 Å². The van der Waals surface area contributed by atoms with Crippen LogP contribution in [0.3, 0.4) is 0 Å². The molecule has 0 radical (unpaired) electrons. The predicted octanol–water partition coefficient (Wildman–Crippen LogP) is -3.43. The molecule has 1 aromatic rings. The maximum Gasteiger partial charge on any atom is 0.321 e. The van der Waals surface area contributed by atoms with Gasteiger partial charge in [-0.1, -0.05) is 6.92 Å². The molecule has 0 saturated carbocycles. The second kappa shape index (κ2) is 9.68. The molecule has 1 amide bonds. The molecule has 1 atom stereocenters. The van der Waals surface area contributed by atoms with E-state index in [1.54, 1.807) is 19.3 Å². The van der Waals surface area contributed by atoms with Gasteiger partial charge in [-0.15, -0.1) is 0 Å². The highest BCUT2D eigenvalue weighted by atomic mass is 127. The summed E-state index contributed by atoms with van der Waals surface area (Å²) in [6.45, 7) is 2.71. The number of carboxylic acid groups (broad SMARTS) is 1. The highest BCUT2D eigenvalue weighted by Gasteiger charge is 2.19. The topological polar surface area (TPSA) is 92.6 Å². The first-order valence-corrected chi connectivity index (χ1v) is 5.81. The van der Waals surface area contributed by atoms with Gasteiger partial charge in [0.1, 0.15) is 6.04 Å². The Morgan fingerprint density at radius 2 is 2.00 bits per heavy atom. The highest BCUT2D eigenvalue weighted by Crippen LogP contribution is 1.96. The number of likely N-dealkylation sites (N-methyl/N-ethyl adjacent to an activating group) is 1. The molecule has 1 aromatic heterocycles. The van der Waals surface area contributed by atoms with Crippen LogP contribution in [0.2, 0.25) is 0 Å². The molecule has 0 aliphatic heterocycles. The number of halogens is 1. The Kier molecular flexibility index (Phi) is 9.06. The van der Waals surface area contributed by atoms with Crippen LogP contribution in [0.15, 0.2) is 24.5 Å². The van der Waals surface area contributed by atoms with Crippen molar-refractivity contribution in [3.05, 3.63) is 30.1 Å². The smallest absolute Gasteiger partial charge is 0.321 e. The van der Waals surface area contributed by atoms with Crippen molar-refractivity contribution in [2.24, 2.45) is 0 Å². The lowest BCUT2D eigenvalue weighted by atomic mass is 10.2. The second-order valence-electron chi connectivity index (χ2n) is 3.84. The van der Waals surface area contributed by atoms with Crippen LogP contribution in [0.1, 0.15) is 18.9 Å². The van der Waals surface area contributed by atoms with E-state index in [1.807, 2.05) is 12.1 Å². The zero-order chi connectivity index (χ0) is 13.4. The van der Waals surface area contributed by atoms with Crippen molar-refractivity contribution in [1.29, 1.82) is 0 Å². The normalized spacial score (nSPS) is 11.2. The number of pyridine rings is 1. The molecule has 19 heavy (non-hydrogen) atoms. The van der Waals surface area contributed by atoms with Crippen molar-refractivity contribution < 1.29 is 43.7 Å². The third kappa shape index (κ3) is 7.06. The number of aromatic amines is 1. The maximum atomic E-state index is 11.6. The average Bonchev–Trinajstić information content (AvgIpc) is 2.37. The van der Waals surface area contributed by atoms with E-state index in [0.717, 1.165) is 5.56 Å². The molecule has 0 saturated heterocycles. The van der Waals surface area contributed by atoms with Gasteiger partial charge in [0.2, 0.25) is 5.91 Å². The van der Waals surface area contributed by atoms with Crippen LogP contribution in [0, 0.1) is 0 Å². The summed E-state index contributed by atoms with van der Waals surface area (Å²) in [5, 5.41) is 14.3. The molecule has 0 aliphatic carbocycles. The fourth-order valence-electron chi connectivity index (χ4n) is 1.49. The number of aliphatic carboxylic acids is 1. The predicted molar refractivity (Wildman–Crippen MR) is 64.6 cm³/mol. The minimum atomic E-state index is -1.01. The fourth-order valence-corrected chi connectivity index (χ4v) is 1.49. The number of H-pyrrole nitrogens is 1. The van der Waals surface area contributed by atoms with Gasteiger partial charge in [-0.3, -0.25) is 9.59 Å². The number of carboxylic acids is 1. The molecule has 0 aliphatic rings. The van der Waals surface area contributed by atoms with Gasteiger partial charge in [0, 0.05) is 18.7 Å². The second-order valence-corrected chi connectivity index (χ2v) is 3.84. The largest absolute Gasteiger partial charge is 1.00 e. The molecule has 1 rings (SSSR count). The van der Waals surface area contributed by atoms with E-state index in [1.165, 1.54) is 0 Å². The van der Waals surface area contributed by atoms with Gasteiger partial charge in [-0.25, -0.2) is 4.98 Å². The van der Waals surface area contributed by atoms with Gasteiger partial charge in [0.15, 0.2) is 12.4 Å². The van der Waals surface area contributed by atoms with Crippen LogP contribution >= 0.6 is 0 Å². The molecule has 0 aromatic carbocycles. The van der Waals surface area contributed by atoms with Gasteiger partial charge >= 0.3 is 5.97 Å². The minimum absolute atomic E-state index is 0. The number of rotatable bonds is 7. The monoisotopic (exact) mass is 379 g/mol. The summed E-state index contributed by atoms with van der Waals surface area (Å²) in [5.41, 5.74) is 0.956. The lowest BCUT2D eigenvalue weighted by Crippen LogP contribution is -3.00. The molecule has 6 nitrogen and oxygen atoms in total. The molecule has 0 bridgehead atoms. The number of hydrogen-bond acceptors (Lipinski definition) is 3. The summed E-state index contributed by atoms with van der Waals surface area (Å²) in [6.07, 6.45) is 3.46. The Morgan fingerprint density at radius 1 is 1.37 bits per heavy atom. The van der Waals surface area contributed by atoms with Crippen molar-refractivity contribution >= 4 is 11.9 Å². The summed E-state index contributed by atoms with van der Waals surface area (Å²) >= 11 is 0. The number of carbonyl (C=O) groups excluding carboxylic acids is 1. The van der Waals surface area contributed by atoms with Crippen LogP contribution in [0.5, 0.6) is 0 Å². The molecule has 7 heteroatoms. The number of carbonyl (C=O) groups is 2. The Labute approximate surface area is 129 Å². The summed E-state index contributed by atoms with van der Waals surface area (Å²) in [7, 11) is 0. The minimum Gasteiger partial charge on any atom is -1.00 e. The SMILES string of the molecule is CCN[C@@H](CC(=O)NCc1cc[nH+]cc1)C(=O)O.[I-]. The van der Waals surface area contributed by atoms with Gasteiger partial charge in [-0.05, 0) is 12.1 Å². The van der Waals surface area contributed by atoms with Crippen molar-refractivity contribution in [2.45, 2.75) is 25.9 Å². The van der Waals surface area contributed by atoms with Crippen LogP contribution in [-0.4, -0.2) is 29.6 Å². The van der Waals surface area contributed by atoms with Gasteiger partial charge in [-0.2, -0.15) is 0 Å². The average molecular weight is 379 g/mol. The zero-order valence-electron chi connectivity index (χ0n) is 10.6. The van der Waals surface area contributed by atoms with Crippen LogP contribution in [-0.2, 0) is 16.1 Å². The van der Waals surface area contributed by atoms with Crippen molar-refractivity contribution in [3.63, 3.8) is 0 Å². The van der Waals surface area contributed by atoms with E-state index in [0.29, 0.717) is 13.1 Å². The van der Waals surface area contributed by atoms with E-state index in [9.17, 15) is 9.59 Å². The van der Waals surface area contributed by atoms with E-state index in [-0.39, 0.29) is 36.3 Å². The molecule has 0 unspecified atom stereocenters. The van der Waals surface area contributed by atoms with Crippen LogP contribution < -0.4 is 39.6 Å². The first-order valence-electron chi connectivity index (χ1n) is 5.81. The standard InChI is InChI=1S/C12H17N3O3.HI/c1-2-14-10(12(17)18)7-11(16)15-8-9-3-5-13-6-4-9;/h3-6,10,14H,2,7-8H2,1H3,(H,15,16)(H,17,18);1H/t10-;/m0./s1. The van der Waals surface area contributed by atoms with Crippen LogP contribution in [0.4, 0.5) is 0 Å². The molecule has 1 heterocycles. The molecule has 4 N–H and O–H groups in total. The Hall–Kier alpha value is -1.22. The lowest BCUT2D eigenvalue weighted by molar-refractivity contribution is -0.378. The maximum absolute atomic E-state index is 11.6. The Balaban J connectivity index is 0.00000324. The zero-order valence-corrected chi connectivity index (χ0v) is 12.8. The van der Waals surface area contributed by atoms with Gasteiger partial charge in [0.25, 0.3) is 0 Å². The van der Waals surface area contributed by atoms with Crippen molar-refractivity contribution in [3.8, 4) is 0 Å². The van der Waals surface area contributed by atoms with Crippen LogP contribution in [0.25, 0.3) is 0 Å². The summed E-state index contributed by atoms with van der Waals surface area (Å²) in [4.78, 5) is 25.3. The number of hydrogen-bond donors (Lipinski definition) is 3. The Bertz CT molecular complexity index is 400. The van der Waals surface area contributed by atoms with E-state index in [4.69, 9.17) is 5.11 Å². The van der Waals surface area contributed by atoms with E-state index < -0.39 is 12.0 Å². The molecular weight excluding hydrogens is 361 g/mol. The highest BCUT2D eigenvalue weighted by molar-refractivity contribution is 5.84. The third-order valence-corrected chi connectivity index (χ3v) is 2.42. The number of amides is 1. The van der Waals surface area contributed by atoms with E-state index >= 15 is 0 Å². The third-order valence-electron chi connectivity index (χ3n) is 2.42. The summed E-state index contributed by atoms with van der Waals surface area (Å²) < 4.78 is 0. The Morgan fingerprint density at radius 3 is 2.53 bits per heavy atom. The van der Waals surface area contributed by atoms with Gasteiger partial charge in [0.05, 0.1) is 6.42 Å². The molecule has 0 spiro atoms. The van der Waals surface area contributed by atoms with Gasteiger partial charge < -0.3 is 39.7 Å². The molecular formula is C12H18IN3O3. The quantitative estimate of drug-likeness (QED) is 0.430. The first-order chi connectivity index (χ1) is 8.63. The first kappa shape index (κ1) is 17.8. The summed E-state index contributed by atoms with van der Waals surface area (Å²) in [6, 6.07) is 2.86. The van der Waals surface area contributed by atoms with Crippen molar-refractivity contribution in [1.82, 2.24) is 10.6 Å². The lowest BCUT2D eigenvalue weighted by Gasteiger charge is -2.12.